The van der Waals surface area contributed by atoms with Gasteiger partial charge in [0.2, 0.25) is 17.0 Å². The van der Waals surface area contributed by atoms with E-state index in [-0.39, 0.29) is 0 Å². The number of hydrogen-bond donors (Lipinski definition) is 0. The van der Waals surface area contributed by atoms with E-state index < -0.39 is 10.9 Å². The van der Waals surface area contributed by atoms with Crippen LogP contribution in [0.4, 0.5) is 0 Å². The fraction of sp³-hybridized carbons (Fsp3) is 0.308. The maximum Gasteiger partial charge on any atom is 0.243 e. The molecule has 4 aliphatic heterocycles. The summed E-state index contributed by atoms with van der Waals surface area (Å²) in [6.45, 7) is 8.11. The number of halogens is 1. The van der Waals surface area contributed by atoms with E-state index in [2.05, 4.69) is 64.4 Å². The van der Waals surface area contributed by atoms with Gasteiger partial charge in [0.25, 0.3) is 0 Å². The summed E-state index contributed by atoms with van der Waals surface area (Å²) >= 11 is 3.61. The van der Waals surface area contributed by atoms with Crippen molar-refractivity contribution in [2.75, 3.05) is 0 Å². The van der Waals surface area contributed by atoms with Gasteiger partial charge in [0.05, 0.1) is 21.1 Å². The molecule has 0 fully saturated rings. The molecule has 0 aromatic rings. The van der Waals surface area contributed by atoms with Gasteiger partial charge in [0.15, 0.2) is 0 Å². The third kappa shape index (κ3) is 1.69. The second kappa shape index (κ2) is 4.23. The first-order valence-corrected chi connectivity index (χ1v) is 8.45. The maximum absolute atomic E-state index is 4.59. The van der Waals surface area contributed by atoms with Crippen LogP contribution in [0.2, 0.25) is 0 Å². The van der Waals surface area contributed by atoms with Crippen molar-refractivity contribution in [3.05, 3.63) is 22.0 Å². The van der Waals surface area contributed by atoms with Crippen LogP contribution < -0.4 is 0 Å². The van der Waals surface area contributed by atoms with Crippen molar-refractivity contribution >= 4 is 55.2 Å². The zero-order valence-electron chi connectivity index (χ0n) is 12.0. The fourth-order valence-electron chi connectivity index (χ4n) is 2.58. The molecule has 21 heavy (non-hydrogen) atoms. The molecule has 0 spiro atoms. The Labute approximate surface area is 133 Å². The highest BCUT2D eigenvalue weighted by atomic mass is 79.9. The largest absolute Gasteiger partial charge is 0.243 e. The Balaban J connectivity index is 1.87. The first-order valence-electron chi connectivity index (χ1n) is 6.52. The molecule has 1 atom stereocenters. The molecule has 108 valence electrons. The number of aliphatic imine (C=N–C) groups is 4. The average molecular weight is 365 g/mol. The van der Waals surface area contributed by atoms with Crippen LogP contribution in [0.1, 0.15) is 27.7 Å². The highest BCUT2D eigenvalue weighted by molar-refractivity contribution is 9.12. The van der Waals surface area contributed by atoms with Crippen molar-refractivity contribution in [1.29, 1.82) is 0 Å². The molecule has 4 aliphatic rings. The van der Waals surface area contributed by atoms with E-state index in [1.165, 1.54) is 0 Å². The normalized spacial score (nSPS) is 26.8. The summed E-state index contributed by atoms with van der Waals surface area (Å²) in [5.74, 6) is 1.44. The SMILES string of the molecule is CC1=CC(C)=NC2=NC3=S(N12)N1C(=N3)N=C(C)C(Br)=C1C. The van der Waals surface area contributed by atoms with Gasteiger partial charge >= 0.3 is 0 Å². The highest BCUT2D eigenvalue weighted by Crippen LogP contribution is 2.46. The van der Waals surface area contributed by atoms with Crippen molar-refractivity contribution in [2.24, 2.45) is 20.0 Å². The Morgan fingerprint density at radius 2 is 1.62 bits per heavy atom. The van der Waals surface area contributed by atoms with Gasteiger partial charge in [0, 0.05) is 17.1 Å². The van der Waals surface area contributed by atoms with Crippen LogP contribution in [-0.4, -0.2) is 37.1 Å². The van der Waals surface area contributed by atoms with Crippen LogP contribution in [0.15, 0.2) is 41.9 Å². The summed E-state index contributed by atoms with van der Waals surface area (Å²) < 4.78 is 5.29. The van der Waals surface area contributed by atoms with Gasteiger partial charge in [-0.3, -0.25) is 0 Å². The van der Waals surface area contributed by atoms with Gasteiger partial charge in [-0.15, -0.1) is 0 Å². The third-order valence-corrected chi connectivity index (χ3v) is 6.72. The van der Waals surface area contributed by atoms with Crippen LogP contribution in [0.25, 0.3) is 0 Å². The van der Waals surface area contributed by atoms with Crippen molar-refractivity contribution in [3.63, 3.8) is 0 Å². The van der Waals surface area contributed by atoms with Crippen LogP contribution in [-0.2, 0) is 0 Å². The van der Waals surface area contributed by atoms with Gasteiger partial charge in [-0.1, -0.05) is 0 Å². The van der Waals surface area contributed by atoms with E-state index in [9.17, 15) is 0 Å². The predicted octanol–water partition coefficient (Wildman–Crippen LogP) is 3.00. The molecule has 1 unspecified atom stereocenters. The molecular weight excluding hydrogens is 352 g/mol. The standard InChI is InChI=1S/C13H13BrN6S/c1-6-5-7(2)19-11(15-6)17-13-18-12-16-8(3)10(14)9(4)20(12)21(13)19/h5H,1-4H3. The summed E-state index contributed by atoms with van der Waals surface area (Å²) in [6, 6.07) is 0. The molecule has 0 saturated heterocycles. The summed E-state index contributed by atoms with van der Waals surface area (Å²) in [6.07, 6.45) is 2.07. The Kier molecular flexibility index (Phi) is 2.65. The summed E-state index contributed by atoms with van der Waals surface area (Å²) in [5, 5.41) is 0.782. The Bertz CT molecular complexity index is 811. The number of fused-ring (bicyclic) bond motifs is 4. The fourth-order valence-corrected chi connectivity index (χ4v) is 4.93. The molecular formula is C13H13BrN6S. The van der Waals surface area contributed by atoms with Gasteiger partial charge in [0.1, 0.15) is 0 Å². The smallest absolute Gasteiger partial charge is 0.242 e. The number of hydrogen-bond acceptors (Lipinski definition) is 6. The Hall–Kier alpha value is -1.54. The zero-order valence-corrected chi connectivity index (χ0v) is 14.4. The first kappa shape index (κ1) is 13.1. The number of guanidine groups is 2. The molecule has 0 aromatic carbocycles. The van der Waals surface area contributed by atoms with E-state index in [1.54, 1.807) is 0 Å². The number of nitrogens with zero attached hydrogens (tertiary/aromatic N) is 6. The number of rotatable bonds is 0. The minimum atomic E-state index is -0.406. The second-order valence-corrected chi connectivity index (χ2v) is 7.51. The van der Waals surface area contributed by atoms with Crippen molar-refractivity contribution < 1.29 is 0 Å². The monoisotopic (exact) mass is 364 g/mol. The van der Waals surface area contributed by atoms with Crippen LogP contribution in [0.3, 0.4) is 0 Å². The quantitative estimate of drug-likeness (QED) is 0.620. The summed E-state index contributed by atoms with van der Waals surface area (Å²) in [5.41, 5.74) is 4.15. The molecule has 0 radical (unpaired) electrons. The summed E-state index contributed by atoms with van der Waals surface area (Å²) in [7, 11) is -0.406. The predicted molar refractivity (Wildman–Crippen MR) is 92.7 cm³/mol. The van der Waals surface area contributed by atoms with Crippen molar-refractivity contribution in [3.8, 4) is 0 Å². The van der Waals surface area contributed by atoms with Gasteiger partial charge in [-0.25, -0.2) is 18.6 Å². The first-order chi connectivity index (χ1) is 9.97. The minimum absolute atomic E-state index is 0.406. The third-order valence-electron chi connectivity index (χ3n) is 3.49. The lowest BCUT2D eigenvalue weighted by Gasteiger charge is -2.33. The van der Waals surface area contributed by atoms with Gasteiger partial charge in [-0.2, -0.15) is 9.98 Å². The lowest BCUT2D eigenvalue weighted by atomic mass is 10.3. The lowest BCUT2D eigenvalue weighted by molar-refractivity contribution is 0.738. The zero-order chi connectivity index (χ0) is 14.9. The maximum atomic E-state index is 4.59. The highest BCUT2D eigenvalue weighted by Gasteiger charge is 2.41. The molecule has 0 bridgehead atoms. The minimum Gasteiger partial charge on any atom is -0.242 e. The van der Waals surface area contributed by atoms with E-state index in [0.29, 0.717) is 5.96 Å². The van der Waals surface area contributed by atoms with Gasteiger partial charge in [-0.05, 0) is 49.7 Å². The number of allylic oxidation sites excluding steroid dienone is 4. The van der Waals surface area contributed by atoms with E-state index in [0.717, 1.165) is 38.4 Å². The van der Waals surface area contributed by atoms with Crippen LogP contribution in [0.5, 0.6) is 0 Å². The van der Waals surface area contributed by atoms with E-state index in [4.69, 9.17) is 0 Å². The van der Waals surface area contributed by atoms with Crippen molar-refractivity contribution in [1.82, 2.24) is 8.61 Å². The molecule has 0 aliphatic carbocycles. The molecule has 6 nitrogen and oxygen atoms in total. The van der Waals surface area contributed by atoms with E-state index in [1.807, 2.05) is 13.8 Å². The van der Waals surface area contributed by atoms with Crippen LogP contribution in [0, 0.1) is 0 Å². The molecule has 0 amide bonds. The lowest BCUT2D eigenvalue weighted by Crippen LogP contribution is -2.34. The molecule has 4 heterocycles. The summed E-state index contributed by atoms with van der Waals surface area (Å²) in [4.78, 5) is 18.3. The average Bonchev–Trinajstić information content (AvgIpc) is 2.90. The Morgan fingerprint density at radius 1 is 0.952 bits per heavy atom. The molecule has 0 saturated carbocycles. The molecule has 0 aromatic heterocycles. The topological polar surface area (TPSA) is 55.9 Å². The second-order valence-electron chi connectivity index (χ2n) is 5.09. The van der Waals surface area contributed by atoms with Crippen molar-refractivity contribution in [2.45, 2.75) is 27.7 Å². The van der Waals surface area contributed by atoms with E-state index >= 15 is 0 Å². The van der Waals surface area contributed by atoms with Gasteiger partial charge < -0.3 is 0 Å². The molecule has 0 N–H and O–H groups in total. The van der Waals surface area contributed by atoms with Crippen LogP contribution >= 0.6 is 26.8 Å². The molecule has 4 rings (SSSR count). The Morgan fingerprint density at radius 3 is 2.33 bits per heavy atom. The molecule has 8 heteroatoms.